The van der Waals surface area contributed by atoms with Crippen molar-refractivity contribution in [2.45, 2.75) is 25.4 Å². The van der Waals surface area contributed by atoms with Crippen molar-refractivity contribution in [3.63, 3.8) is 0 Å². The molecule has 0 saturated carbocycles. The number of esters is 1. The third-order valence-electron chi connectivity index (χ3n) is 3.19. The van der Waals surface area contributed by atoms with Crippen molar-refractivity contribution in [2.75, 3.05) is 5.75 Å². The number of aromatic nitrogens is 2. The Bertz CT molecular complexity index is 977. The monoisotopic (exact) mass is 416 g/mol. The Kier molecular flexibility index (Phi) is 6.33. The number of hydrogen-bond donors (Lipinski definition) is 0. The lowest BCUT2D eigenvalue weighted by Gasteiger charge is -2.10. The highest BCUT2D eigenvalue weighted by atomic mass is 35.5. The average Bonchev–Trinajstić information content (AvgIpc) is 2.56. The van der Waals surface area contributed by atoms with Crippen LogP contribution in [0.2, 0.25) is 10.0 Å². The predicted molar refractivity (Wildman–Crippen MR) is 95.8 cm³/mol. The van der Waals surface area contributed by atoms with Gasteiger partial charge in [0.1, 0.15) is 5.75 Å². The van der Waals surface area contributed by atoms with Gasteiger partial charge in [0.05, 0.1) is 22.5 Å². The lowest BCUT2D eigenvalue weighted by molar-refractivity contribution is 0.0725. The Hall–Kier alpha value is -2.03. The van der Waals surface area contributed by atoms with Crippen LogP contribution >= 0.6 is 23.2 Å². The van der Waals surface area contributed by atoms with Crippen molar-refractivity contribution in [1.82, 2.24) is 9.97 Å². The standard InChI is InChI=1S/C16H14Cl2N2O5S/c1-3-6-26(23,24)16-19-8-12(18)14(20-16)15(22)25-13-5-4-10(17)7-11(13)9(2)21/h4-5,7-8H,3,6H2,1-2H3. The Balaban J connectivity index is 2.41. The van der Waals surface area contributed by atoms with E-state index in [0.717, 1.165) is 6.20 Å². The first-order valence-electron chi connectivity index (χ1n) is 7.43. The molecule has 0 bridgehead atoms. The Morgan fingerprint density at radius 2 is 1.92 bits per heavy atom. The normalized spacial score (nSPS) is 11.2. The number of halogens is 2. The fourth-order valence-electron chi connectivity index (χ4n) is 2.02. The zero-order valence-corrected chi connectivity index (χ0v) is 16.2. The average molecular weight is 417 g/mol. The third-order valence-corrected chi connectivity index (χ3v) is 5.40. The molecule has 0 saturated heterocycles. The molecule has 2 aromatic rings. The summed E-state index contributed by atoms with van der Waals surface area (Å²) in [6, 6.07) is 4.14. The molecule has 0 aliphatic carbocycles. The van der Waals surface area contributed by atoms with Crippen molar-refractivity contribution < 1.29 is 22.7 Å². The third kappa shape index (κ3) is 4.57. The van der Waals surface area contributed by atoms with Gasteiger partial charge in [-0.25, -0.2) is 23.2 Å². The van der Waals surface area contributed by atoms with Gasteiger partial charge in [-0.05, 0) is 31.5 Å². The Labute approximate surface area is 160 Å². The smallest absolute Gasteiger partial charge is 0.364 e. The molecule has 1 heterocycles. The summed E-state index contributed by atoms with van der Waals surface area (Å²) in [6.45, 7) is 2.97. The molecule has 10 heteroatoms. The van der Waals surface area contributed by atoms with Crippen LogP contribution in [-0.4, -0.2) is 35.9 Å². The summed E-state index contributed by atoms with van der Waals surface area (Å²) in [5.74, 6) is -1.60. The van der Waals surface area contributed by atoms with E-state index in [4.69, 9.17) is 27.9 Å². The van der Waals surface area contributed by atoms with E-state index >= 15 is 0 Å². The van der Waals surface area contributed by atoms with Crippen LogP contribution in [0.15, 0.2) is 29.6 Å². The van der Waals surface area contributed by atoms with Crippen LogP contribution in [-0.2, 0) is 9.84 Å². The quantitative estimate of drug-likeness (QED) is 0.307. The lowest BCUT2D eigenvalue weighted by atomic mass is 10.1. The number of carbonyl (C=O) groups is 2. The second-order valence-corrected chi connectivity index (χ2v) is 8.10. The van der Waals surface area contributed by atoms with Crippen LogP contribution in [0.5, 0.6) is 5.75 Å². The highest BCUT2D eigenvalue weighted by Gasteiger charge is 2.24. The Morgan fingerprint density at radius 1 is 1.23 bits per heavy atom. The van der Waals surface area contributed by atoms with Gasteiger partial charge in [0.15, 0.2) is 11.5 Å². The number of carbonyl (C=O) groups excluding carboxylic acids is 2. The molecule has 1 aromatic carbocycles. The predicted octanol–water partition coefficient (Wildman–Crippen LogP) is 3.39. The van der Waals surface area contributed by atoms with Crippen LogP contribution < -0.4 is 4.74 Å². The fourth-order valence-corrected chi connectivity index (χ4v) is 3.52. The first kappa shape index (κ1) is 20.3. The lowest BCUT2D eigenvalue weighted by Crippen LogP contribution is -2.17. The maximum absolute atomic E-state index is 12.4. The minimum atomic E-state index is -3.74. The second kappa shape index (κ2) is 8.11. The molecule has 0 unspecified atom stereocenters. The summed E-state index contributed by atoms with van der Waals surface area (Å²) < 4.78 is 29.3. The van der Waals surface area contributed by atoms with Gasteiger partial charge < -0.3 is 4.74 Å². The topological polar surface area (TPSA) is 103 Å². The maximum atomic E-state index is 12.4. The van der Waals surface area contributed by atoms with Crippen LogP contribution in [0.4, 0.5) is 0 Å². The number of sulfone groups is 1. The Morgan fingerprint density at radius 3 is 2.54 bits per heavy atom. The molecule has 0 fully saturated rings. The number of hydrogen-bond acceptors (Lipinski definition) is 7. The van der Waals surface area contributed by atoms with E-state index in [9.17, 15) is 18.0 Å². The van der Waals surface area contributed by atoms with E-state index in [1.807, 2.05) is 0 Å². The van der Waals surface area contributed by atoms with Gasteiger partial charge in [-0.2, -0.15) is 0 Å². The van der Waals surface area contributed by atoms with E-state index in [-0.39, 0.29) is 27.9 Å². The number of Topliss-reactive ketones (excluding diaryl/α,β-unsaturated/α-hetero) is 1. The molecule has 0 atom stereocenters. The van der Waals surface area contributed by atoms with Gasteiger partial charge >= 0.3 is 5.97 Å². The molecule has 0 aliphatic heterocycles. The van der Waals surface area contributed by atoms with Crippen molar-refractivity contribution in [1.29, 1.82) is 0 Å². The number of nitrogens with zero attached hydrogens (tertiary/aromatic N) is 2. The summed E-state index contributed by atoms with van der Waals surface area (Å²) in [6.07, 6.45) is 1.38. The summed E-state index contributed by atoms with van der Waals surface area (Å²) in [5, 5.41) is -0.398. The zero-order chi connectivity index (χ0) is 19.5. The van der Waals surface area contributed by atoms with Gasteiger partial charge in [-0.1, -0.05) is 30.1 Å². The molecule has 7 nitrogen and oxygen atoms in total. The zero-order valence-electron chi connectivity index (χ0n) is 13.8. The first-order chi connectivity index (χ1) is 12.2. The fraction of sp³-hybridized carbons (Fsp3) is 0.250. The molecule has 0 radical (unpaired) electrons. The molecule has 1 aromatic heterocycles. The summed E-state index contributed by atoms with van der Waals surface area (Å²) in [7, 11) is -3.74. The van der Waals surface area contributed by atoms with Gasteiger partial charge in [0, 0.05) is 5.02 Å². The number of ether oxygens (including phenoxy) is 1. The van der Waals surface area contributed by atoms with E-state index in [2.05, 4.69) is 9.97 Å². The number of benzene rings is 1. The molecule has 0 aliphatic rings. The highest BCUT2D eigenvalue weighted by Crippen LogP contribution is 2.25. The van der Waals surface area contributed by atoms with E-state index in [1.54, 1.807) is 6.92 Å². The molecule has 2 rings (SSSR count). The molecule has 138 valence electrons. The SMILES string of the molecule is CCCS(=O)(=O)c1ncc(Cl)c(C(=O)Oc2ccc(Cl)cc2C(C)=O)n1. The van der Waals surface area contributed by atoms with Crippen LogP contribution in [0, 0.1) is 0 Å². The van der Waals surface area contributed by atoms with Crippen molar-refractivity contribution in [3.8, 4) is 5.75 Å². The number of ketones is 1. The van der Waals surface area contributed by atoms with Gasteiger partial charge in [-0.3, -0.25) is 4.79 Å². The first-order valence-corrected chi connectivity index (χ1v) is 9.84. The summed E-state index contributed by atoms with van der Waals surface area (Å²) >= 11 is 11.7. The molecule has 0 spiro atoms. The molecule has 0 N–H and O–H groups in total. The number of rotatable bonds is 6. The minimum absolute atomic E-state index is 0.0421. The molecule has 26 heavy (non-hydrogen) atoms. The molecular formula is C16H14Cl2N2O5S. The van der Waals surface area contributed by atoms with Crippen molar-refractivity contribution in [3.05, 3.63) is 45.7 Å². The van der Waals surface area contributed by atoms with E-state index in [1.165, 1.54) is 25.1 Å². The van der Waals surface area contributed by atoms with Gasteiger partial charge in [0.25, 0.3) is 0 Å². The van der Waals surface area contributed by atoms with Gasteiger partial charge in [-0.15, -0.1) is 0 Å². The van der Waals surface area contributed by atoms with Crippen LogP contribution in [0.3, 0.4) is 0 Å². The van der Waals surface area contributed by atoms with E-state index in [0.29, 0.717) is 11.4 Å². The van der Waals surface area contributed by atoms with Crippen LogP contribution in [0.1, 0.15) is 41.1 Å². The van der Waals surface area contributed by atoms with Gasteiger partial charge in [0.2, 0.25) is 15.0 Å². The molecular weight excluding hydrogens is 403 g/mol. The summed E-state index contributed by atoms with van der Waals surface area (Å²) in [4.78, 5) is 31.5. The van der Waals surface area contributed by atoms with E-state index < -0.39 is 26.7 Å². The maximum Gasteiger partial charge on any atom is 0.364 e. The highest BCUT2D eigenvalue weighted by molar-refractivity contribution is 7.91. The second-order valence-electron chi connectivity index (χ2n) is 5.25. The summed E-state index contributed by atoms with van der Waals surface area (Å²) in [5.41, 5.74) is -0.323. The van der Waals surface area contributed by atoms with Crippen molar-refractivity contribution in [2.24, 2.45) is 0 Å². The van der Waals surface area contributed by atoms with Crippen LogP contribution in [0.25, 0.3) is 0 Å². The van der Waals surface area contributed by atoms with Crippen molar-refractivity contribution >= 4 is 44.8 Å². The molecule has 0 amide bonds. The minimum Gasteiger partial charge on any atom is -0.421 e. The largest absolute Gasteiger partial charge is 0.421 e.